The lowest BCUT2D eigenvalue weighted by atomic mass is 10.1. The van der Waals surface area contributed by atoms with Crippen LogP contribution < -0.4 is 9.57 Å². The molecule has 0 atom stereocenters. The lowest BCUT2D eigenvalue weighted by molar-refractivity contribution is -0.891. The van der Waals surface area contributed by atoms with Crippen molar-refractivity contribution in [2.45, 2.75) is 6.42 Å². The first kappa shape index (κ1) is 13.4. The summed E-state index contributed by atoms with van der Waals surface area (Å²) in [4.78, 5) is 5.72. The molecule has 1 heterocycles. The van der Waals surface area contributed by atoms with E-state index >= 15 is 0 Å². The highest BCUT2D eigenvalue weighted by molar-refractivity contribution is 5.61. The number of pyridine rings is 1. The Morgan fingerprint density at radius 2 is 1.24 bits per heavy atom. The lowest BCUT2D eigenvalue weighted by Gasteiger charge is -2.01. The maximum absolute atomic E-state index is 5.72. The number of benzene rings is 2. The fraction of sp³-hybridized carbons (Fsp3) is 0.105. The second-order valence-corrected chi connectivity index (χ2v) is 4.88. The van der Waals surface area contributed by atoms with E-state index in [-0.39, 0.29) is 0 Å². The Morgan fingerprint density at radius 3 is 1.90 bits per heavy atom. The number of rotatable bonds is 5. The van der Waals surface area contributed by atoms with Crippen molar-refractivity contribution in [1.29, 1.82) is 0 Å². The summed E-state index contributed by atoms with van der Waals surface area (Å²) in [5.41, 5.74) is 3.70. The summed E-state index contributed by atoms with van der Waals surface area (Å²) >= 11 is 0. The molecule has 104 valence electrons. The molecule has 0 fully saturated rings. The van der Waals surface area contributed by atoms with Gasteiger partial charge in [-0.1, -0.05) is 60.7 Å². The molecule has 2 aromatic carbocycles. The molecule has 0 N–H and O–H groups in total. The van der Waals surface area contributed by atoms with Crippen molar-refractivity contribution in [3.8, 4) is 11.1 Å². The van der Waals surface area contributed by atoms with Gasteiger partial charge in [0.2, 0.25) is 12.4 Å². The van der Waals surface area contributed by atoms with Crippen LogP contribution in [0.4, 0.5) is 0 Å². The highest BCUT2D eigenvalue weighted by Gasteiger charge is 2.03. The smallest absolute Gasteiger partial charge is 0.223 e. The van der Waals surface area contributed by atoms with Gasteiger partial charge >= 0.3 is 0 Å². The van der Waals surface area contributed by atoms with Crippen LogP contribution in [0, 0.1) is 0 Å². The zero-order valence-corrected chi connectivity index (χ0v) is 11.9. The minimum Gasteiger partial charge on any atom is -0.271 e. The third-order valence-electron chi connectivity index (χ3n) is 3.38. The van der Waals surface area contributed by atoms with Crippen molar-refractivity contribution in [3.05, 3.63) is 90.8 Å². The van der Waals surface area contributed by atoms with Gasteiger partial charge in [0.25, 0.3) is 0 Å². The lowest BCUT2D eigenvalue weighted by Crippen LogP contribution is -2.42. The zero-order chi connectivity index (χ0) is 14.3. The van der Waals surface area contributed by atoms with E-state index in [1.807, 2.05) is 36.7 Å². The van der Waals surface area contributed by atoms with Crippen LogP contribution in [0.25, 0.3) is 11.1 Å². The van der Waals surface area contributed by atoms with Crippen molar-refractivity contribution >= 4 is 0 Å². The molecule has 21 heavy (non-hydrogen) atoms. The Labute approximate surface area is 125 Å². The van der Waals surface area contributed by atoms with E-state index in [9.17, 15) is 0 Å². The van der Waals surface area contributed by atoms with Crippen LogP contribution in [0.3, 0.4) is 0 Å². The minimum atomic E-state index is 0.666. The second kappa shape index (κ2) is 6.71. The highest BCUT2D eigenvalue weighted by atomic mass is 16.7. The minimum absolute atomic E-state index is 0.666. The van der Waals surface area contributed by atoms with Gasteiger partial charge in [-0.15, -0.1) is 0 Å². The summed E-state index contributed by atoms with van der Waals surface area (Å²) in [6, 6.07) is 24.8. The van der Waals surface area contributed by atoms with Gasteiger partial charge in [0.1, 0.15) is 0 Å². The van der Waals surface area contributed by atoms with Gasteiger partial charge in [0.15, 0.2) is 6.61 Å². The van der Waals surface area contributed by atoms with E-state index in [4.69, 9.17) is 4.84 Å². The first-order valence-corrected chi connectivity index (χ1v) is 7.16. The van der Waals surface area contributed by atoms with E-state index in [1.165, 1.54) is 16.7 Å². The average molecular weight is 276 g/mol. The average Bonchev–Trinajstić information content (AvgIpc) is 2.57. The highest BCUT2D eigenvalue weighted by Crippen LogP contribution is 2.16. The molecule has 2 nitrogen and oxygen atoms in total. The fourth-order valence-corrected chi connectivity index (χ4v) is 2.24. The van der Waals surface area contributed by atoms with E-state index in [2.05, 4.69) is 48.5 Å². The summed E-state index contributed by atoms with van der Waals surface area (Å²) in [7, 11) is 0. The van der Waals surface area contributed by atoms with Gasteiger partial charge in [-0.3, -0.25) is 4.84 Å². The molecule has 0 spiro atoms. The van der Waals surface area contributed by atoms with Crippen molar-refractivity contribution in [2.75, 3.05) is 6.61 Å². The molecule has 0 aliphatic heterocycles. The van der Waals surface area contributed by atoms with Crippen molar-refractivity contribution in [3.63, 3.8) is 0 Å². The summed E-state index contributed by atoms with van der Waals surface area (Å²) in [5, 5.41) is 0. The van der Waals surface area contributed by atoms with Crippen molar-refractivity contribution < 1.29 is 9.57 Å². The molecule has 3 rings (SSSR count). The second-order valence-electron chi connectivity index (χ2n) is 4.88. The third kappa shape index (κ3) is 3.69. The van der Waals surface area contributed by atoms with E-state index in [0.717, 1.165) is 6.42 Å². The van der Waals surface area contributed by atoms with E-state index in [1.54, 1.807) is 4.73 Å². The van der Waals surface area contributed by atoms with Gasteiger partial charge < -0.3 is 0 Å². The molecule has 1 aromatic heterocycles. The summed E-state index contributed by atoms with van der Waals surface area (Å²) in [6.07, 6.45) is 4.81. The molecule has 0 amide bonds. The van der Waals surface area contributed by atoms with E-state index in [0.29, 0.717) is 6.61 Å². The van der Waals surface area contributed by atoms with Gasteiger partial charge in [-0.2, -0.15) is 0 Å². The topological polar surface area (TPSA) is 13.1 Å². The molecule has 0 aliphatic rings. The van der Waals surface area contributed by atoms with Gasteiger partial charge in [-0.05, 0) is 16.7 Å². The predicted molar refractivity (Wildman–Crippen MR) is 83.7 cm³/mol. The molecule has 3 aromatic rings. The molecule has 0 aliphatic carbocycles. The van der Waals surface area contributed by atoms with Gasteiger partial charge in [-0.25, -0.2) is 0 Å². The number of hydrogen-bond donors (Lipinski definition) is 0. The molecule has 0 bridgehead atoms. The first-order chi connectivity index (χ1) is 10.4. The first-order valence-electron chi connectivity index (χ1n) is 7.16. The molecule has 0 saturated carbocycles. The third-order valence-corrected chi connectivity index (χ3v) is 3.38. The molecular weight excluding hydrogens is 258 g/mol. The Kier molecular flexibility index (Phi) is 4.27. The summed E-state index contributed by atoms with van der Waals surface area (Å²) < 4.78 is 1.76. The molecule has 0 saturated heterocycles. The molecular formula is C19H18NO+. The standard InChI is InChI=1S/C19H18NO/c1-3-7-17(8-4-1)13-16-21-20-14-11-19(12-15-20)18-9-5-2-6-10-18/h1-12,14-15H,13,16H2/q+1. The van der Waals surface area contributed by atoms with Crippen molar-refractivity contribution in [2.24, 2.45) is 0 Å². The Bertz CT molecular complexity index is 663. The quantitative estimate of drug-likeness (QED) is 0.652. The zero-order valence-electron chi connectivity index (χ0n) is 11.9. The van der Waals surface area contributed by atoms with Crippen LogP contribution >= 0.6 is 0 Å². The summed E-state index contributed by atoms with van der Waals surface area (Å²) in [6.45, 7) is 0.666. The van der Waals surface area contributed by atoms with Gasteiger partial charge in [0.05, 0.1) is 0 Å². The predicted octanol–water partition coefficient (Wildman–Crippen LogP) is 3.31. The summed E-state index contributed by atoms with van der Waals surface area (Å²) in [5.74, 6) is 0. The van der Waals surface area contributed by atoms with Crippen LogP contribution in [0.1, 0.15) is 5.56 Å². The number of aromatic nitrogens is 1. The molecule has 2 heteroatoms. The Morgan fingerprint density at radius 1 is 0.667 bits per heavy atom. The normalized spacial score (nSPS) is 10.3. The van der Waals surface area contributed by atoms with Crippen LogP contribution in [0.5, 0.6) is 0 Å². The maximum Gasteiger partial charge on any atom is 0.223 e. The van der Waals surface area contributed by atoms with Gasteiger partial charge in [0, 0.05) is 23.3 Å². The largest absolute Gasteiger partial charge is 0.271 e. The number of hydrogen-bond acceptors (Lipinski definition) is 1. The number of nitrogens with zero attached hydrogens (tertiary/aromatic N) is 1. The fourth-order valence-electron chi connectivity index (χ4n) is 2.24. The Balaban J connectivity index is 1.58. The maximum atomic E-state index is 5.72. The van der Waals surface area contributed by atoms with Crippen LogP contribution in [0.2, 0.25) is 0 Å². The SMILES string of the molecule is c1ccc(CCO[n+]2ccc(-c3ccccc3)cc2)cc1. The molecule has 0 radical (unpaired) electrons. The Hall–Kier alpha value is -2.61. The van der Waals surface area contributed by atoms with E-state index < -0.39 is 0 Å². The monoisotopic (exact) mass is 276 g/mol. The van der Waals surface area contributed by atoms with Crippen molar-refractivity contribution in [1.82, 2.24) is 0 Å². The van der Waals surface area contributed by atoms with Crippen LogP contribution in [0.15, 0.2) is 85.2 Å². The van der Waals surface area contributed by atoms with Crippen LogP contribution in [-0.4, -0.2) is 6.61 Å². The molecule has 0 unspecified atom stereocenters. The van der Waals surface area contributed by atoms with Crippen LogP contribution in [-0.2, 0) is 6.42 Å².